The van der Waals surface area contributed by atoms with Crippen molar-refractivity contribution in [2.75, 3.05) is 18.4 Å². The number of hydrogen-bond acceptors (Lipinski definition) is 6. The van der Waals surface area contributed by atoms with Gasteiger partial charge in [0.05, 0.1) is 6.20 Å². The first-order valence-electron chi connectivity index (χ1n) is 10.4. The average Bonchev–Trinajstić information content (AvgIpc) is 2.84. The molecule has 0 saturated carbocycles. The maximum Gasteiger partial charge on any atom is 0.273 e. The zero-order valence-corrected chi connectivity index (χ0v) is 17.0. The van der Waals surface area contributed by atoms with Gasteiger partial charge >= 0.3 is 0 Å². The third-order valence-corrected chi connectivity index (χ3v) is 5.59. The Morgan fingerprint density at radius 2 is 1.90 bits per heavy atom. The van der Waals surface area contributed by atoms with Gasteiger partial charge in [-0.25, -0.2) is 9.97 Å². The van der Waals surface area contributed by atoms with Gasteiger partial charge in [-0.3, -0.25) is 14.8 Å². The van der Waals surface area contributed by atoms with E-state index in [1.807, 2.05) is 53.4 Å². The quantitative estimate of drug-likeness (QED) is 0.543. The molecule has 0 radical (unpaired) electrons. The molecule has 0 bridgehead atoms. The zero-order valence-electron chi connectivity index (χ0n) is 17.0. The van der Waals surface area contributed by atoms with Crippen LogP contribution in [0, 0.1) is 0 Å². The molecule has 7 nitrogen and oxygen atoms in total. The smallest absolute Gasteiger partial charge is 0.273 e. The molecule has 1 N–H and O–H groups in total. The molecular formula is C24H22N6O. The third kappa shape index (κ3) is 4.07. The molecular weight excluding hydrogens is 388 g/mol. The van der Waals surface area contributed by atoms with Crippen LogP contribution in [-0.2, 0) is 0 Å². The van der Waals surface area contributed by atoms with Crippen LogP contribution in [0.1, 0.15) is 34.9 Å². The fourth-order valence-corrected chi connectivity index (χ4v) is 4.09. The topological polar surface area (TPSA) is 83.9 Å². The summed E-state index contributed by atoms with van der Waals surface area (Å²) < 4.78 is 0. The van der Waals surface area contributed by atoms with Gasteiger partial charge in [0.25, 0.3) is 5.91 Å². The Morgan fingerprint density at radius 1 is 0.968 bits per heavy atom. The number of pyridine rings is 2. The zero-order chi connectivity index (χ0) is 21.0. The van der Waals surface area contributed by atoms with Gasteiger partial charge in [-0.15, -0.1) is 0 Å². The SMILES string of the molecule is O=C(c1nccc2ccccc12)N1CCCC(c2cccc(Nc3cnccn3)n2)C1. The summed E-state index contributed by atoms with van der Waals surface area (Å²) in [4.78, 5) is 32.7. The third-order valence-electron chi connectivity index (χ3n) is 5.59. The highest BCUT2D eigenvalue weighted by Crippen LogP contribution is 2.28. The van der Waals surface area contributed by atoms with Gasteiger partial charge in [0.2, 0.25) is 0 Å². The highest BCUT2D eigenvalue weighted by atomic mass is 16.2. The predicted molar refractivity (Wildman–Crippen MR) is 119 cm³/mol. The van der Waals surface area contributed by atoms with E-state index >= 15 is 0 Å². The minimum absolute atomic E-state index is 0.0182. The van der Waals surface area contributed by atoms with Crippen LogP contribution in [-0.4, -0.2) is 43.8 Å². The van der Waals surface area contributed by atoms with Crippen molar-refractivity contribution < 1.29 is 4.79 Å². The molecule has 31 heavy (non-hydrogen) atoms. The number of anilines is 2. The molecule has 7 heteroatoms. The Morgan fingerprint density at radius 3 is 2.81 bits per heavy atom. The summed E-state index contributed by atoms with van der Waals surface area (Å²) >= 11 is 0. The second-order valence-electron chi connectivity index (χ2n) is 7.63. The number of amides is 1. The summed E-state index contributed by atoms with van der Waals surface area (Å²) in [5, 5.41) is 5.11. The van der Waals surface area contributed by atoms with Gasteiger partial charge in [0, 0.05) is 48.7 Å². The number of piperidine rings is 1. The lowest BCUT2D eigenvalue weighted by molar-refractivity contribution is 0.0702. The van der Waals surface area contributed by atoms with E-state index in [4.69, 9.17) is 4.98 Å². The molecule has 1 saturated heterocycles. The highest BCUT2D eigenvalue weighted by molar-refractivity contribution is 6.05. The van der Waals surface area contributed by atoms with E-state index in [0.29, 0.717) is 18.1 Å². The lowest BCUT2D eigenvalue weighted by Crippen LogP contribution is -2.39. The summed E-state index contributed by atoms with van der Waals surface area (Å²) in [5.41, 5.74) is 1.49. The van der Waals surface area contributed by atoms with Crippen LogP contribution >= 0.6 is 0 Å². The molecule has 1 aliphatic rings. The van der Waals surface area contributed by atoms with Gasteiger partial charge in [0.1, 0.15) is 17.3 Å². The average molecular weight is 410 g/mol. The fraction of sp³-hybridized carbons (Fsp3) is 0.208. The lowest BCUT2D eigenvalue weighted by Gasteiger charge is -2.32. The molecule has 154 valence electrons. The Kier molecular flexibility index (Phi) is 5.22. The van der Waals surface area contributed by atoms with Crippen molar-refractivity contribution in [3.8, 4) is 0 Å². The summed E-state index contributed by atoms with van der Waals surface area (Å²) in [5.74, 6) is 1.53. The normalized spacial score (nSPS) is 16.3. The van der Waals surface area contributed by atoms with Gasteiger partial charge in [-0.2, -0.15) is 0 Å². The molecule has 4 aromatic rings. The van der Waals surface area contributed by atoms with Crippen LogP contribution in [0.15, 0.2) is 73.3 Å². The first-order valence-corrected chi connectivity index (χ1v) is 10.4. The number of likely N-dealkylation sites (tertiary alicyclic amines) is 1. The molecule has 5 rings (SSSR count). The maximum atomic E-state index is 13.3. The van der Waals surface area contributed by atoms with E-state index < -0.39 is 0 Å². The number of carbonyl (C=O) groups is 1. The number of benzene rings is 1. The molecule has 3 aromatic heterocycles. The van der Waals surface area contributed by atoms with E-state index in [9.17, 15) is 4.79 Å². The van der Waals surface area contributed by atoms with Crippen molar-refractivity contribution in [3.05, 3.63) is 84.7 Å². The molecule has 1 atom stereocenters. The Hall–Kier alpha value is -3.87. The second-order valence-corrected chi connectivity index (χ2v) is 7.63. The van der Waals surface area contributed by atoms with Crippen molar-refractivity contribution in [3.63, 3.8) is 0 Å². The van der Waals surface area contributed by atoms with Crippen molar-refractivity contribution in [2.24, 2.45) is 0 Å². The molecule has 0 aliphatic carbocycles. The summed E-state index contributed by atoms with van der Waals surface area (Å²) in [6.07, 6.45) is 8.57. The van der Waals surface area contributed by atoms with Crippen molar-refractivity contribution in [1.82, 2.24) is 24.8 Å². The molecule has 0 spiro atoms. The van der Waals surface area contributed by atoms with Crippen LogP contribution < -0.4 is 5.32 Å². The van der Waals surface area contributed by atoms with Crippen LogP contribution in [0.5, 0.6) is 0 Å². The largest absolute Gasteiger partial charge is 0.337 e. The van der Waals surface area contributed by atoms with Crippen LogP contribution in [0.3, 0.4) is 0 Å². The lowest BCUT2D eigenvalue weighted by atomic mass is 9.93. The second kappa shape index (κ2) is 8.47. The standard InChI is InChI=1S/C24H22N6O/c31-24(23-19-7-2-1-5-17(19)10-11-27-23)30-14-4-6-18(16-30)20-8-3-9-21(28-20)29-22-15-25-12-13-26-22/h1-3,5,7-13,15,18H,4,6,14,16H2,(H,26,28,29). The fourth-order valence-electron chi connectivity index (χ4n) is 4.09. The molecule has 1 aliphatic heterocycles. The van der Waals surface area contributed by atoms with Crippen LogP contribution in [0.4, 0.5) is 11.6 Å². The maximum absolute atomic E-state index is 13.3. The van der Waals surface area contributed by atoms with Crippen LogP contribution in [0.2, 0.25) is 0 Å². The van der Waals surface area contributed by atoms with E-state index in [-0.39, 0.29) is 11.8 Å². The van der Waals surface area contributed by atoms with Gasteiger partial charge in [-0.05, 0) is 36.4 Å². The van der Waals surface area contributed by atoms with E-state index in [1.54, 1.807) is 24.8 Å². The highest BCUT2D eigenvalue weighted by Gasteiger charge is 2.28. The Labute approximate surface area is 180 Å². The van der Waals surface area contributed by atoms with Gasteiger partial charge < -0.3 is 10.2 Å². The number of aromatic nitrogens is 4. The number of rotatable bonds is 4. The molecule has 1 unspecified atom stereocenters. The number of nitrogens with one attached hydrogen (secondary N) is 1. The van der Waals surface area contributed by atoms with Crippen molar-refractivity contribution in [2.45, 2.75) is 18.8 Å². The van der Waals surface area contributed by atoms with Gasteiger partial charge in [0.15, 0.2) is 0 Å². The van der Waals surface area contributed by atoms with Gasteiger partial charge in [-0.1, -0.05) is 30.3 Å². The first kappa shape index (κ1) is 19.1. The first-order chi connectivity index (χ1) is 15.3. The molecule has 1 fully saturated rings. The summed E-state index contributed by atoms with van der Waals surface area (Å²) in [7, 11) is 0. The number of carbonyl (C=O) groups excluding carboxylic acids is 1. The number of nitrogens with zero attached hydrogens (tertiary/aromatic N) is 5. The van der Waals surface area contributed by atoms with E-state index in [2.05, 4.69) is 20.3 Å². The minimum atomic E-state index is -0.0182. The predicted octanol–water partition coefficient (Wildman–Crippen LogP) is 4.18. The summed E-state index contributed by atoms with van der Waals surface area (Å²) in [6.45, 7) is 1.36. The van der Waals surface area contributed by atoms with Crippen LogP contribution in [0.25, 0.3) is 10.8 Å². The van der Waals surface area contributed by atoms with Crippen molar-refractivity contribution >= 4 is 28.3 Å². The molecule has 4 heterocycles. The molecule has 1 aromatic carbocycles. The van der Waals surface area contributed by atoms with E-state index in [0.717, 1.165) is 41.7 Å². The molecule has 1 amide bonds. The Balaban J connectivity index is 1.36. The van der Waals surface area contributed by atoms with Crippen molar-refractivity contribution in [1.29, 1.82) is 0 Å². The van der Waals surface area contributed by atoms with E-state index in [1.165, 1.54) is 0 Å². The monoisotopic (exact) mass is 410 g/mol. The number of fused-ring (bicyclic) bond motifs is 1. The Bertz CT molecular complexity index is 1210. The number of hydrogen-bond donors (Lipinski definition) is 1. The summed E-state index contributed by atoms with van der Waals surface area (Å²) in [6, 6.07) is 15.7. The minimum Gasteiger partial charge on any atom is -0.337 e.